The Morgan fingerprint density at radius 2 is 1.44 bits per heavy atom. The van der Waals surface area contributed by atoms with Crippen molar-refractivity contribution in [1.29, 1.82) is 5.41 Å². The largest absolute Gasteiger partial charge is 0.382 e. The minimum absolute atomic E-state index is 0.00100. The molecule has 3 aromatic carbocycles. The fraction of sp³-hybridized carbons (Fsp3) is 0.387. The molecule has 1 heterocycles. The van der Waals surface area contributed by atoms with E-state index in [4.69, 9.17) is 9.47 Å². The monoisotopic (exact) mass is 483 g/mol. The number of aromatic nitrogens is 2. The van der Waals surface area contributed by atoms with Crippen LogP contribution in [-0.4, -0.2) is 36.1 Å². The minimum Gasteiger partial charge on any atom is -0.382 e. The first-order chi connectivity index (χ1) is 17.6. The quantitative estimate of drug-likeness (QED) is 0.267. The lowest BCUT2D eigenvalue weighted by atomic mass is 10.0. The maximum absolute atomic E-state index is 9.51. The Bertz CT molecular complexity index is 1350. The summed E-state index contributed by atoms with van der Waals surface area (Å²) in [7, 11) is 1.69. The number of imidazole rings is 1. The number of rotatable bonds is 11. The SMILES string of the molecule is COCCOC[C@H](Cc1ccc(C)cc1)n1c(=N)n(C(c2ccc(C)cc2)C2CC2)c2ccccc21. The smallest absolute Gasteiger partial charge is 0.203 e. The fourth-order valence-electron chi connectivity index (χ4n) is 5.26. The Kier molecular flexibility index (Phi) is 7.40. The van der Waals surface area contributed by atoms with E-state index < -0.39 is 0 Å². The van der Waals surface area contributed by atoms with Crippen molar-refractivity contribution in [1.82, 2.24) is 9.13 Å². The van der Waals surface area contributed by atoms with Crippen LogP contribution >= 0.6 is 0 Å². The Morgan fingerprint density at radius 3 is 2.06 bits per heavy atom. The second kappa shape index (κ2) is 10.9. The summed E-state index contributed by atoms with van der Waals surface area (Å²) in [5.74, 6) is 0.564. The van der Waals surface area contributed by atoms with Gasteiger partial charge < -0.3 is 18.6 Å². The molecule has 1 unspecified atom stereocenters. The van der Waals surface area contributed by atoms with Crippen molar-refractivity contribution in [3.05, 3.63) is 101 Å². The molecule has 0 spiro atoms. The number of nitrogens with one attached hydrogen (secondary N) is 1. The van der Waals surface area contributed by atoms with Gasteiger partial charge in [0.15, 0.2) is 0 Å². The maximum atomic E-state index is 9.51. The van der Waals surface area contributed by atoms with Crippen LogP contribution < -0.4 is 5.62 Å². The van der Waals surface area contributed by atoms with Crippen LogP contribution in [0.5, 0.6) is 0 Å². The van der Waals surface area contributed by atoms with Crippen LogP contribution in [0, 0.1) is 25.2 Å². The molecular weight excluding hydrogens is 446 g/mol. The third kappa shape index (κ3) is 5.18. The molecule has 1 saturated carbocycles. The second-order valence-electron chi connectivity index (χ2n) is 10.2. The molecule has 5 rings (SSSR count). The van der Waals surface area contributed by atoms with Gasteiger partial charge in [0.1, 0.15) is 0 Å². The van der Waals surface area contributed by atoms with E-state index in [2.05, 4.69) is 95.8 Å². The van der Waals surface area contributed by atoms with Gasteiger partial charge in [-0.05, 0) is 62.3 Å². The number of hydrogen-bond acceptors (Lipinski definition) is 3. The van der Waals surface area contributed by atoms with E-state index in [1.165, 1.54) is 35.1 Å². The van der Waals surface area contributed by atoms with Gasteiger partial charge in [0, 0.05) is 7.11 Å². The van der Waals surface area contributed by atoms with Crippen molar-refractivity contribution in [3.8, 4) is 0 Å². The van der Waals surface area contributed by atoms with Gasteiger partial charge in [-0.15, -0.1) is 0 Å². The molecule has 0 bridgehead atoms. The molecule has 5 heteroatoms. The van der Waals surface area contributed by atoms with Crippen molar-refractivity contribution < 1.29 is 9.47 Å². The van der Waals surface area contributed by atoms with E-state index >= 15 is 0 Å². The van der Waals surface area contributed by atoms with Crippen LogP contribution in [0.25, 0.3) is 11.0 Å². The fourth-order valence-corrected chi connectivity index (χ4v) is 5.26. The Hall–Kier alpha value is -3.15. The first kappa shape index (κ1) is 24.5. The minimum atomic E-state index is 0.00100. The summed E-state index contributed by atoms with van der Waals surface area (Å²) in [5.41, 5.74) is 7.80. The molecule has 1 N–H and O–H groups in total. The first-order valence-electron chi connectivity index (χ1n) is 13.0. The Labute approximate surface area is 213 Å². The average molecular weight is 484 g/mol. The van der Waals surface area contributed by atoms with Crippen molar-refractivity contribution in [3.63, 3.8) is 0 Å². The van der Waals surface area contributed by atoms with E-state index in [9.17, 15) is 5.41 Å². The van der Waals surface area contributed by atoms with Crippen LogP contribution in [0.2, 0.25) is 0 Å². The third-order valence-corrected chi connectivity index (χ3v) is 7.32. The Balaban J connectivity index is 1.61. The molecule has 4 aromatic rings. The van der Waals surface area contributed by atoms with Gasteiger partial charge in [0.2, 0.25) is 5.62 Å². The summed E-state index contributed by atoms with van der Waals surface area (Å²) in [6.45, 7) is 5.88. The summed E-state index contributed by atoms with van der Waals surface area (Å²) < 4.78 is 15.8. The predicted octanol–water partition coefficient (Wildman–Crippen LogP) is 5.99. The molecule has 0 saturated heterocycles. The zero-order valence-electron chi connectivity index (χ0n) is 21.6. The van der Waals surface area contributed by atoms with Gasteiger partial charge in [0.05, 0.1) is 42.9 Å². The topological polar surface area (TPSA) is 52.2 Å². The summed E-state index contributed by atoms with van der Waals surface area (Å²) >= 11 is 0. The highest BCUT2D eigenvalue weighted by Crippen LogP contribution is 2.44. The molecule has 0 amide bonds. The highest BCUT2D eigenvalue weighted by Gasteiger charge is 2.36. The van der Waals surface area contributed by atoms with Crippen LogP contribution in [0.1, 0.15) is 47.2 Å². The highest BCUT2D eigenvalue weighted by atomic mass is 16.5. The molecule has 2 atom stereocenters. The molecular formula is C31H37N3O2. The van der Waals surface area contributed by atoms with Gasteiger partial charge in [-0.25, -0.2) is 0 Å². The standard InChI is InChI=1S/C31H37N3O2/c1-22-8-12-24(13-9-22)20-27(21-36-19-18-35-3)33-28-6-4-5-7-29(28)34(31(33)32)30(26-16-17-26)25-14-10-23(2)11-15-25/h4-15,26-27,30,32H,16-21H2,1-3H3/t27-,30?/m0/s1. The van der Waals surface area contributed by atoms with Crippen molar-refractivity contribution >= 4 is 11.0 Å². The van der Waals surface area contributed by atoms with Crippen LogP contribution in [0.15, 0.2) is 72.8 Å². The van der Waals surface area contributed by atoms with Crippen molar-refractivity contribution in [2.24, 2.45) is 5.92 Å². The van der Waals surface area contributed by atoms with Crippen LogP contribution in [0.4, 0.5) is 0 Å². The van der Waals surface area contributed by atoms with E-state index in [1.54, 1.807) is 7.11 Å². The average Bonchev–Trinajstić information content (AvgIpc) is 3.68. The summed E-state index contributed by atoms with van der Waals surface area (Å²) in [5, 5.41) is 9.51. The number of aryl methyl sites for hydroxylation is 2. The number of hydrogen-bond donors (Lipinski definition) is 1. The van der Waals surface area contributed by atoms with Gasteiger partial charge in [-0.3, -0.25) is 5.41 Å². The molecule has 0 aliphatic heterocycles. The van der Waals surface area contributed by atoms with E-state index in [0.717, 1.165) is 17.5 Å². The lowest BCUT2D eigenvalue weighted by Crippen LogP contribution is -2.33. The number of methoxy groups -OCH3 is 1. The predicted molar refractivity (Wildman–Crippen MR) is 144 cm³/mol. The van der Waals surface area contributed by atoms with Crippen LogP contribution in [-0.2, 0) is 15.9 Å². The highest BCUT2D eigenvalue weighted by molar-refractivity contribution is 5.76. The molecule has 1 fully saturated rings. The third-order valence-electron chi connectivity index (χ3n) is 7.32. The molecule has 36 heavy (non-hydrogen) atoms. The van der Waals surface area contributed by atoms with Gasteiger partial charge in [0.25, 0.3) is 0 Å². The number of fused-ring (bicyclic) bond motifs is 1. The molecule has 1 aromatic heterocycles. The van der Waals surface area contributed by atoms with Crippen molar-refractivity contribution in [2.75, 3.05) is 26.9 Å². The Morgan fingerprint density at radius 1 is 0.833 bits per heavy atom. The second-order valence-corrected chi connectivity index (χ2v) is 10.2. The van der Waals surface area contributed by atoms with Crippen molar-refractivity contribution in [2.45, 2.75) is 45.2 Å². The lowest BCUT2D eigenvalue weighted by molar-refractivity contribution is 0.0531. The zero-order valence-corrected chi connectivity index (χ0v) is 21.6. The first-order valence-corrected chi connectivity index (χ1v) is 13.0. The van der Waals surface area contributed by atoms with E-state index in [-0.39, 0.29) is 12.1 Å². The number of nitrogens with zero attached hydrogens (tertiary/aromatic N) is 2. The van der Waals surface area contributed by atoms with Gasteiger partial charge >= 0.3 is 0 Å². The normalized spacial score (nSPS) is 15.3. The zero-order chi connectivity index (χ0) is 25.1. The number of ether oxygens (including phenoxy) is 2. The van der Waals surface area contributed by atoms with Gasteiger partial charge in [-0.1, -0.05) is 71.8 Å². The number of benzene rings is 3. The molecule has 1 aliphatic rings. The van der Waals surface area contributed by atoms with E-state index in [0.29, 0.717) is 31.4 Å². The molecule has 1 aliphatic carbocycles. The molecule has 5 nitrogen and oxygen atoms in total. The molecule has 0 radical (unpaired) electrons. The maximum Gasteiger partial charge on any atom is 0.203 e. The van der Waals surface area contributed by atoms with Gasteiger partial charge in [-0.2, -0.15) is 0 Å². The summed E-state index contributed by atoms with van der Waals surface area (Å²) in [6, 6.07) is 26.2. The lowest BCUT2D eigenvalue weighted by Gasteiger charge is -2.22. The summed E-state index contributed by atoms with van der Waals surface area (Å²) in [4.78, 5) is 0. The van der Waals surface area contributed by atoms with Crippen LogP contribution in [0.3, 0.4) is 0 Å². The molecule has 188 valence electrons. The summed E-state index contributed by atoms with van der Waals surface area (Å²) in [6.07, 6.45) is 3.21. The number of para-hydroxylation sites is 2. The van der Waals surface area contributed by atoms with E-state index in [1.807, 2.05) is 0 Å².